The van der Waals surface area contributed by atoms with E-state index in [2.05, 4.69) is 15.9 Å². The van der Waals surface area contributed by atoms with Gasteiger partial charge >= 0.3 is 10.2 Å². The number of hydrogen-bond acceptors (Lipinski definition) is 0. The number of benzene rings is 1. The molecular weight excluding hydrogens is 314 g/mol. The first-order valence-electron chi connectivity index (χ1n) is 3.09. The second-order valence-corrected chi connectivity index (χ2v) is 6.34. The van der Waals surface area contributed by atoms with Crippen molar-refractivity contribution < 1.29 is 19.4 Å². The smallest absolute Gasteiger partial charge is 0.0936 e. The molecule has 0 N–H and O–H groups in total. The van der Waals surface area contributed by atoms with E-state index in [4.69, 9.17) is 11.6 Å². The molecule has 82 valence electrons. The Balaban J connectivity index is 3.50. The van der Waals surface area contributed by atoms with Crippen LogP contribution >= 0.6 is 37.8 Å². The molecule has 0 aliphatic carbocycles. The van der Waals surface area contributed by atoms with Crippen molar-refractivity contribution in [3.05, 3.63) is 27.7 Å². The number of rotatable bonds is 1. The topological polar surface area (TPSA) is 0 Å². The van der Waals surface area contributed by atoms with Gasteiger partial charge in [-0.2, -0.15) is 0 Å². The van der Waals surface area contributed by atoms with Gasteiger partial charge in [0.1, 0.15) is 4.90 Å². The number of hydrogen-bond donors (Lipinski definition) is 0. The van der Waals surface area contributed by atoms with Crippen molar-refractivity contribution in [2.24, 2.45) is 0 Å². The second-order valence-electron chi connectivity index (χ2n) is 2.57. The van der Waals surface area contributed by atoms with Crippen LogP contribution in [0.15, 0.2) is 27.6 Å². The zero-order chi connectivity index (χ0) is 11.3. The van der Waals surface area contributed by atoms with Gasteiger partial charge < -0.3 is 0 Å². The largest absolute Gasteiger partial charge is 0.310 e. The lowest BCUT2D eigenvalue weighted by atomic mass is 10.4. The molecule has 0 fully saturated rings. The molecule has 0 amide bonds. The van der Waals surface area contributed by atoms with Crippen molar-refractivity contribution >= 4 is 37.8 Å². The first kappa shape index (κ1) is 12.1. The zero-order valence-corrected chi connectivity index (χ0v) is 9.44. The van der Waals surface area contributed by atoms with Crippen LogP contribution in [-0.2, 0) is 0 Å². The standard InChI is InChI=1S/C6H3BrClF5S/c7-4-1-5(8)3-6(2-4)14(9,10,11,12)13/h1-3H. The van der Waals surface area contributed by atoms with E-state index >= 15 is 0 Å². The zero-order valence-electron chi connectivity index (χ0n) is 6.29. The summed E-state index contributed by atoms with van der Waals surface area (Å²) in [6, 6.07) is 1.59. The Morgan fingerprint density at radius 2 is 1.50 bits per heavy atom. The van der Waals surface area contributed by atoms with E-state index < -0.39 is 20.1 Å². The molecule has 0 aliphatic heterocycles. The van der Waals surface area contributed by atoms with Crippen LogP contribution in [0.1, 0.15) is 0 Å². The predicted molar refractivity (Wildman–Crippen MR) is 50.5 cm³/mol. The van der Waals surface area contributed by atoms with Crippen LogP contribution in [0.3, 0.4) is 0 Å². The lowest BCUT2D eigenvalue weighted by Gasteiger charge is -2.40. The van der Waals surface area contributed by atoms with E-state index in [0.29, 0.717) is 6.07 Å². The molecular formula is C6H3BrClF5S. The molecule has 1 aromatic carbocycles. The van der Waals surface area contributed by atoms with E-state index in [0.717, 1.165) is 6.07 Å². The Kier molecular flexibility index (Phi) is 2.21. The summed E-state index contributed by atoms with van der Waals surface area (Å²) in [6.07, 6.45) is 0. The summed E-state index contributed by atoms with van der Waals surface area (Å²) < 4.78 is 61.0. The van der Waals surface area contributed by atoms with Gasteiger partial charge in [0, 0.05) is 9.50 Å². The first-order valence-corrected chi connectivity index (χ1v) is 6.21. The molecule has 0 aliphatic rings. The molecule has 0 aromatic heterocycles. The number of halogens is 7. The van der Waals surface area contributed by atoms with Crippen LogP contribution in [0.5, 0.6) is 0 Å². The minimum absolute atomic E-state index is 0.145. The maximum Gasteiger partial charge on any atom is 0.310 e. The average Bonchev–Trinajstić information content (AvgIpc) is 1.78. The van der Waals surface area contributed by atoms with E-state index in [1.165, 1.54) is 0 Å². The van der Waals surface area contributed by atoms with Gasteiger partial charge in [-0.15, -0.1) is 0 Å². The van der Waals surface area contributed by atoms with Gasteiger partial charge in [0.05, 0.1) is 0 Å². The molecule has 14 heavy (non-hydrogen) atoms. The summed E-state index contributed by atoms with van der Waals surface area (Å²) in [6.45, 7) is 0. The third kappa shape index (κ3) is 2.99. The summed E-state index contributed by atoms with van der Waals surface area (Å²) in [5.74, 6) is 0. The van der Waals surface area contributed by atoms with Crippen molar-refractivity contribution in [2.75, 3.05) is 0 Å². The maximum atomic E-state index is 12.2. The highest BCUT2D eigenvalue weighted by atomic mass is 79.9. The van der Waals surface area contributed by atoms with Crippen molar-refractivity contribution in [2.45, 2.75) is 4.90 Å². The average molecular weight is 318 g/mol. The molecule has 0 heterocycles. The van der Waals surface area contributed by atoms with Gasteiger partial charge in [0.15, 0.2) is 0 Å². The highest BCUT2D eigenvalue weighted by Crippen LogP contribution is 3.02. The van der Waals surface area contributed by atoms with Crippen molar-refractivity contribution in [3.8, 4) is 0 Å². The van der Waals surface area contributed by atoms with Crippen LogP contribution in [0.4, 0.5) is 19.4 Å². The van der Waals surface area contributed by atoms with E-state index in [9.17, 15) is 19.4 Å². The van der Waals surface area contributed by atoms with Gasteiger partial charge in [0.2, 0.25) is 0 Å². The molecule has 8 heteroatoms. The molecule has 1 rings (SSSR count). The monoisotopic (exact) mass is 316 g/mol. The lowest BCUT2D eigenvalue weighted by Crippen LogP contribution is -2.05. The Labute approximate surface area is 89.9 Å². The van der Waals surface area contributed by atoms with Crippen molar-refractivity contribution in [3.63, 3.8) is 0 Å². The van der Waals surface area contributed by atoms with Crippen molar-refractivity contribution in [1.29, 1.82) is 0 Å². The van der Waals surface area contributed by atoms with Crippen LogP contribution in [0, 0.1) is 0 Å². The van der Waals surface area contributed by atoms with Crippen molar-refractivity contribution in [1.82, 2.24) is 0 Å². The fourth-order valence-corrected chi connectivity index (χ4v) is 2.53. The van der Waals surface area contributed by atoms with Crippen LogP contribution in [0.25, 0.3) is 0 Å². The van der Waals surface area contributed by atoms with E-state index in [1.54, 1.807) is 0 Å². The maximum absolute atomic E-state index is 12.2. The fourth-order valence-electron chi connectivity index (χ4n) is 0.751. The first-order chi connectivity index (χ1) is 5.88. The lowest BCUT2D eigenvalue weighted by molar-refractivity contribution is 0.364. The highest BCUT2D eigenvalue weighted by molar-refractivity contribution is 9.10. The minimum Gasteiger partial charge on any atom is -0.0936 e. The van der Waals surface area contributed by atoms with Gasteiger partial charge in [-0.05, 0) is 18.2 Å². The Morgan fingerprint density at radius 1 is 1.00 bits per heavy atom. The second kappa shape index (κ2) is 2.56. The Morgan fingerprint density at radius 3 is 1.86 bits per heavy atom. The molecule has 0 unspecified atom stereocenters. The van der Waals surface area contributed by atoms with Crippen LogP contribution in [-0.4, -0.2) is 0 Å². The SMILES string of the molecule is FS(F)(F)(F)(F)c1cc(Cl)cc(Br)c1. The van der Waals surface area contributed by atoms with Crippen LogP contribution in [0.2, 0.25) is 5.02 Å². The highest BCUT2D eigenvalue weighted by Gasteiger charge is 2.65. The molecule has 0 spiro atoms. The molecule has 1 aromatic rings. The third-order valence-corrected chi connectivity index (χ3v) is 3.08. The Bertz CT molecular complexity index is 366. The van der Waals surface area contributed by atoms with Gasteiger partial charge in [-0.3, -0.25) is 0 Å². The summed E-state index contributed by atoms with van der Waals surface area (Å²) in [5, 5.41) is -0.400. The van der Waals surface area contributed by atoms with Crippen LogP contribution < -0.4 is 0 Å². The summed E-state index contributed by atoms with van der Waals surface area (Å²) in [7, 11) is -9.61. The molecule has 0 radical (unpaired) electrons. The van der Waals surface area contributed by atoms with E-state index in [1.807, 2.05) is 0 Å². The normalized spacial score (nSPS) is 17.4. The summed E-state index contributed by atoms with van der Waals surface area (Å²) >= 11 is 7.89. The fraction of sp³-hybridized carbons (Fsp3) is 0. The molecule has 0 atom stereocenters. The summed E-state index contributed by atoms with van der Waals surface area (Å²) in [4.78, 5) is -2.00. The quantitative estimate of drug-likeness (QED) is 0.578. The minimum atomic E-state index is -9.61. The predicted octanol–water partition coefficient (Wildman–Crippen LogP) is 5.76. The molecule has 0 saturated heterocycles. The van der Waals surface area contributed by atoms with Gasteiger partial charge in [-0.25, -0.2) is 0 Å². The van der Waals surface area contributed by atoms with Gasteiger partial charge in [0.25, 0.3) is 0 Å². The van der Waals surface area contributed by atoms with E-state index in [-0.39, 0.29) is 10.5 Å². The Hall–Kier alpha value is -0.0100. The molecule has 0 saturated carbocycles. The van der Waals surface area contributed by atoms with Gasteiger partial charge in [-0.1, -0.05) is 47.0 Å². The summed E-state index contributed by atoms with van der Waals surface area (Å²) in [5.41, 5.74) is 0. The molecule has 0 nitrogen and oxygen atoms in total. The third-order valence-electron chi connectivity index (χ3n) is 1.28. The molecule has 0 bridgehead atoms.